The van der Waals surface area contributed by atoms with Crippen molar-refractivity contribution in [2.75, 3.05) is 33.2 Å². The van der Waals surface area contributed by atoms with Gasteiger partial charge in [-0.2, -0.15) is 0 Å². The number of nitro benzene ring substituents is 1. The second-order valence-electron chi connectivity index (χ2n) is 7.45. The van der Waals surface area contributed by atoms with Gasteiger partial charge in [-0.3, -0.25) is 14.9 Å². The molecular formula is C22H22N4O4S. The summed E-state index contributed by atoms with van der Waals surface area (Å²) in [5.74, 6) is -0.174. The Morgan fingerprint density at radius 2 is 1.84 bits per heavy atom. The molecule has 1 amide bonds. The molecule has 1 unspecified atom stereocenters. The zero-order chi connectivity index (χ0) is 22.0. The van der Waals surface area contributed by atoms with Gasteiger partial charge in [-0.15, -0.1) is 11.3 Å². The maximum Gasteiger partial charge on any atom is 0.269 e. The van der Waals surface area contributed by atoms with E-state index in [0.29, 0.717) is 28.5 Å². The Balaban J connectivity index is 1.74. The van der Waals surface area contributed by atoms with E-state index in [2.05, 4.69) is 9.88 Å². The highest BCUT2D eigenvalue weighted by atomic mass is 32.1. The quantitative estimate of drug-likeness (QED) is 0.485. The number of amides is 1. The van der Waals surface area contributed by atoms with Crippen LogP contribution < -0.4 is 0 Å². The molecule has 1 N–H and O–H groups in total. The molecular weight excluding hydrogens is 416 g/mol. The highest BCUT2D eigenvalue weighted by molar-refractivity contribution is 7.17. The van der Waals surface area contributed by atoms with Gasteiger partial charge in [0.25, 0.3) is 11.6 Å². The van der Waals surface area contributed by atoms with E-state index < -0.39 is 11.0 Å². The van der Waals surface area contributed by atoms with Crippen molar-refractivity contribution in [1.29, 1.82) is 0 Å². The van der Waals surface area contributed by atoms with Crippen LogP contribution in [0.1, 0.15) is 27.0 Å². The van der Waals surface area contributed by atoms with Crippen LogP contribution in [0.4, 0.5) is 5.69 Å². The third-order valence-electron chi connectivity index (χ3n) is 5.31. The Kier molecular flexibility index (Phi) is 6.08. The normalized spacial score (nSPS) is 15.6. The van der Waals surface area contributed by atoms with Crippen molar-refractivity contribution in [2.45, 2.75) is 6.10 Å². The first-order chi connectivity index (χ1) is 14.9. The van der Waals surface area contributed by atoms with Gasteiger partial charge in [0.05, 0.1) is 10.6 Å². The van der Waals surface area contributed by atoms with Crippen molar-refractivity contribution < 1.29 is 14.8 Å². The topological polar surface area (TPSA) is 99.8 Å². The highest BCUT2D eigenvalue weighted by Gasteiger charge is 2.30. The first kappa shape index (κ1) is 21.1. The molecule has 1 aromatic heterocycles. The molecule has 31 heavy (non-hydrogen) atoms. The second kappa shape index (κ2) is 8.93. The molecule has 1 fully saturated rings. The number of carbonyl (C=O) groups is 1. The molecule has 0 saturated carbocycles. The fourth-order valence-corrected chi connectivity index (χ4v) is 4.56. The van der Waals surface area contributed by atoms with E-state index in [1.165, 1.54) is 29.5 Å². The SMILES string of the molecule is CN1CCN(C(=O)c2sc(-c3ccccc3)nc2C(O)c2cccc([N+](=O)[O-])c2)CC1. The molecule has 8 nitrogen and oxygen atoms in total. The Hall–Kier alpha value is -3.14. The van der Waals surface area contributed by atoms with Crippen LogP contribution in [0.25, 0.3) is 10.6 Å². The van der Waals surface area contributed by atoms with Crippen molar-refractivity contribution in [3.63, 3.8) is 0 Å². The molecule has 1 aliphatic rings. The molecule has 1 aliphatic heterocycles. The van der Waals surface area contributed by atoms with Crippen LogP contribution in [-0.4, -0.2) is 63.9 Å². The van der Waals surface area contributed by atoms with Crippen molar-refractivity contribution in [2.24, 2.45) is 0 Å². The number of carbonyl (C=O) groups excluding carboxylic acids is 1. The molecule has 9 heteroatoms. The summed E-state index contributed by atoms with van der Waals surface area (Å²) in [5, 5.41) is 22.8. The van der Waals surface area contributed by atoms with E-state index >= 15 is 0 Å². The number of thiazole rings is 1. The van der Waals surface area contributed by atoms with Gasteiger partial charge in [0.2, 0.25) is 0 Å². The second-order valence-corrected chi connectivity index (χ2v) is 8.45. The maximum atomic E-state index is 13.3. The predicted molar refractivity (Wildman–Crippen MR) is 118 cm³/mol. The van der Waals surface area contributed by atoms with Crippen LogP contribution >= 0.6 is 11.3 Å². The van der Waals surface area contributed by atoms with Gasteiger partial charge in [0.1, 0.15) is 16.0 Å². The Morgan fingerprint density at radius 1 is 1.13 bits per heavy atom. The van der Waals surface area contributed by atoms with Gasteiger partial charge in [-0.25, -0.2) is 4.98 Å². The molecule has 4 rings (SSSR count). The summed E-state index contributed by atoms with van der Waals surface area (Å²) in [6, 6.07) is 15.3. The van der Waals surface area contributed by atoms with Gasteiger partial charge in [0, 0.05) is 43.9 Å². The Morgan fingerprint density at radius 3 is 2.52 bits per heavy atom. The maximum absolute atomic E-state index is 13.3. The summed E-state index contributed by atoms with van der Waals surface area (Å²) < 4.78 is 0. The van der Waals surface area contributed by atoms with Gasteiger partial charge in [0.15, 0.2) is 0 Å². The number of aromatic nitrogens is 1. The number of hydrogen-bond donors (Lipinski definition) is 1. The van der Waals surface area contributed by atoms with E-state index in [4.69, 9.17) is 0 Å². The smallest absolute Gasteiger partial charge is 0.269 e. The molecule has 2 aromatic carbocycles. The van der Waals surface area contributed by atoms with E-state index in [0.717, 1.165) is 18.7 Å². The van der Waals surface area contributed by atoms with E-state index in [9.17, 15) is 20.0 Å². The molecule has 0 spiro atoms. The van der Waals surface area contributed by atoms with Crippen LogP contribution in [0.15, 0.2) is 54.6 Å². The molecule has 160 valence electrons. The summed E-state index contributed by atoms with van der Waals surface area (Å²) >= 11 is 1.24. The predicted octanol–water partition coefficient (Wildman–Crippen LogP) is 3.19. The average molecular weight is 439 g/mol. The summed E-state index contributed by atoms with van der Waals surface area (Å²) in [7, 11) is 2.01. The molecule has 0 radical (unpaired) electrons. The number of piperazine rings is 1. The van der Waals surface area contributed by atoms with E-state index in [1.807, 2.05) is 37.4 Å². The lowest BCUT2D eigenvalue weighted by molar-refractivity contribution is -0.385. The van der Waals surface area contributed by atoms with Crippen LogP contribution in [0, 0.1) is 10.1 Å². The first-order valence-electron chi connectivity index (χ1n) is 9.90. The average Bonchev–Trinajstić information content (AvgIpc) is 3.25. The van der Waals surface area contributed by atoms with Gasteiger partial charge < -0.3 is 14.9 Å². The number of rotatable bonds is 5. The molecule has 1 saturated heterocycles. The minimum absolute atomic E-state index is 0.123. The summed E-state index contributed by atoms with van der Waals surface area (Å²) in [6.07, 6.45) is -1.25. The summed E-state index contributed by atoms with van der Waals surface area (Å²) in [5.41, 5.74) is 1.28. The molecule has 1 atom stereocenters. The number of nitro groups is 1. The minimum Gasteiger partial charge on any atom is -0.382 e. The molecule has 0 bridgehead atoms. The van der Waals surface area contributed by atoms with Crippen molar-refractivity contribution >= 4 is 22.9 Å². The molecule has 2 heterocycles. The van der Waals surface area contributed by atoms with Gasteiger partial charge >= 0.3 is 0 Å². The number of non-ortho nitro benzene ring substituents is 1. The van der Waals surface area contributed by atoms with Gasteiger partial charge in [-0.05, 0) is 12.6 Å². The third-order valence-corrected chi connectivity index (χ3v) is 6.42. The third kappa shape index (κ3) is 4.48. The Bertz CT molecular complexity index is 1090. The Labute approximate surface area is 183 Å². The summed E-state index contributed by atoms with van der Waals surface area (Å²) in [6.45, 7) is 2.75. The lowest BCUT2D eigenvalue weighted by Crippen LogP contribution is -2.47. The van der Waals surface area contributed by atoms with Crippen molar-refractivity contribution in [1.82, 2.24) is 14.8 Å². The minimum atomic E-state index is -1.25. The standard InChI is InChI=1S/C22H22N4O4S/c1-24-10-12-25(13-11-24)22(28)20-18(23-21(31-20)15-6-3-2-4-7-15)19(27)16-8-5-9-17(14-16)26(29)30/h2-9,14,19,27H,10-13H2,1H3. The van der Waals surface area contributed by atoms with E-state index in [1.54, 1.807) is 11.0 Å². The monoisotopic (exact) mass is 438 g/mol. The van der Waals surface area contributed by atoms with Crippen molar-refractivity contribution in [3.8, 4) is 10.6 Å². The van der Waals surface area contributed by atoms with Gasteiger partial charge in [-0.1, -0.05) is 42.5 Å². The largest absolute Gasteiger partial charge is 0.382 e. The number of likely N-dealkylation sites (N-methyl/N-ethyl adjacent to an activating group) is 1. The highest BCUT2D eigenvalue weighted by Crippen LogP contribution is 2.35. The lowest BCUT2D eigenvalue weighted by atomic mass is 10.0. The van der Waals surface area contributed by atoms with Crippen LogP contribution in [0.2, 0.25) is 0 Å². The zero-order valence-electron chi connectivity index (χ0n) is 17.0. The van der Waals surface area contributed by atoms with Crippen LogP contribution in [0.5, 0.6) is 0 Å². The van der Waals surface area contributed by atoms with Crippen molar-refractivity contribution in [3.05, 3.63) is 80.8 Å². The fourth-order valence-electron chi connectivity index (χ4n) is 3.49. The molecule has 0 aliphatic carbocycles. The summed E-state index contributed by atoms with van der Waals surface area (Å²) in [4.78, 5) is 32.9. The van der Waals surface area contributed by atoms with Crippen LogP contribution in [-0.2, 0) is 0 Å². The fraction of sp³-hybridized carbons (Fsp3) is 0.273. The number of aliphatic hydroxyl groups excluding tert-OH is 1. The number of aliphatic hydroxyl groups is 1. The lowest BCUT2D eigenvalue weighted by Gasteiger charge is -2.32. The van der Waals surface area contributed by atoms with E-state index in [-0.39, 0.29) is 17.3 Å². The number of hydrogen-bond acceptors (Lipinski definition) is 7. The van der Waals surface area contributed by atoms with Crippen LogP contribution in [0.3, 0.4) is 0 Å². The zero-order valence-corrected chi connectivity index (χ0v) is 17.8. The number of benzene rings is 2. The molecule has 3 aromatic rings. The first-order valence-corrected chi connectivity index (χ1v) is 10.7. The number of nitrogens with zero attached hydrogens (tertiary/aromatic N) is 4.